The third-order valence-electron chi connectivity index (χ3n) is 4.55. The maximum absolute atomic E-state index is 12.6. The minimum Gasteiger partial charge on any atom is -0.495 e. The van der Waals surface area contributed by atoms with Crippen LogP contribution in [0.25, 0.3) is 16.7 Å². The van der Waals surface area contributed by atoms with Crippen LogP contribution >= 0.6 is 0 Å². The molecule has 4 rings (SSSR count). The van der Waals surface area contributed by atoms with Gasteiger partial charge in [0.25, 0.3) is 5.56 Å². The fraction of sp³-hybridized carbons (Fsp3) is 0.143. The largest absolute Gasteiger partial charge is 0.495 e. The van der Waals surface area contributed by atoms with E-state index in [9.17, 15) is 9.59 Å². The van der Waals surface area contributed by atoms with Crippen LogP contribution in [0.5, 0.6) is 5.75 Å². The van der Waals surface area contributed by atoms with Gasteiger partial charge in [0.05, 0.1) is 24.7 Å². The number of para-hydroxylation sites is 3. The van der Waals surface area contributed by atoms with Crippen LogP contribution in [0.2, 0.25) is 0 Å². The van der Waals surface area contributed by atoms with Crippen molar-refractivity contribution in [3.05, 3.63) is 71.1 Å². The summed E-state index contributed by atoms with van der Waals surface area (Å²) in [5.41, 5.74) is 1.38. The number of amides is 1. The van der Waals surface area contributed by atoms with E-state index in [1.54, 1.807) is 29.8 Å². The van der Waals surface area contributed by atoms with Crippen molar-refractivity contribution in [3.63, 3.8) is 0 Å². The van der Waals surface area contributed by atoms with Gasteiger partial charge in [0.15, 0.2) is 5.65 Å². The number of nitrogens with zero attached hydrogens (tertiary/aromatic N) is 3. The summed E-state index contributed by atoms with van der Waals surface area (Å²) in [6.45, 7) is 1.67. The average Bonchev–Trinajstić information content (AvgIpc) is 3.19. The predicted octanol–water partition coefficient (Wildman–Crippen LogP) is 2.56. The van der Waals surface area contributed by atoms with E-state index in [4.69, 9.17) is 4.74 Å². The highest BCUT2D eigenvalue weighted by molar-refractivity contribution is 5.97. The fourth-order valence-electron chi connectivity index (χ4n) is 3.00. The van der Waals surface area contributed by atoms with Gasteiger partial charge < -0.3 is 15.4 Å². The van der Waals surface area contributed by atoms with Gasteiger partial charge in [-0.2, -0.15) is 10.1 Å². The lowest BCUT2D eigenvalue weighted by molar-refractivity contribution is -0.116. The third kappa shape index (κ3) is 3.72. The molecule has 4 aromatic rings. The zero-order valence-corrected chi connectivity index (χ0v) is 16.4. The number of fused-ring (bicyclic) bond motifs is 1. The van der Waals surface area contributed by atoms with Gasteiger partial charge in [-0.3, -0.25) is 14.6 Å². The zero-order valence-electron chi connectivity index (χ0n) is 16.4. The molecule has 2 heterocycles. The minimum absolute atomic E-state index is 0.174. The second kappa shape index (κ2) is 8.08. The van der Waals surface area contributed by atoms with Crippen LogP contribution in [-0.4, -0.2) is 38.8 Å². The summed E-state index contributed by atoms with van der Waals surface area (Å²) < 4.78 is 6.83. The second-order valence-corrected chi connectivity index (χ2v) is 6.60. The summed E-state index contributed by atoms with van der Waals surface area (Å²) in [5.74, 6) is 0.421. The number of carbonyl (C=O) groups excluding carboxylic acids is 1. The van der Waals surface area contributed by atoms with Crippen LogP contribution in [-0.2, 0) is 4.79 Å². The molecule has 0 bridgehead atoms. The summed E-state index contributed by atoms with van der Waals surface area (Å²) in [6, 6.07) is 15.8. The molecule has 0 aliphatic heterocycles. The number of benzene rings is 2. The molecule has 30 heavy (non-hydrogen) atoms. The number of aromatic nitrogens is 4. The molecule has 9 nitrogen and oxygen atoms in total. The number of nitrogens with one attached hydrogen (secondary N) is 3. The second-order valence-electron chi connectivity index (χ2n) is 6.60. The molecule has 1 atom stereocenters. The number of hydrogen-bond acceptors (Lipinski definition) is 6. The summed E-state index contributed by atoms with van der Waals surface area (Å²) >= 11 is 0. The smallest absolute Gasteiger partial charge is 0.263 e. The Morgan fingerprint density at radius 3 is 2.63 bits per heavy atom. The lowest BCUT2D eigenvalue weighted by Crippen LogP contribution is -2.33. The van der Waals surface area contributed by atoms with E-state index in [1.807, 2.05) is 36.4 Å². The number of ether oxygens (including phenoxy) is 1. The number of anilines is 2. The van der Waals surface area contributed by atoms with Crippen LogP contribution in [0.3, 0.4) is 0 Å². The van der Waals surface area contributed by atoms with E-state index >= 15 is 0 Å². The van der Waals surface area contributed by atoms with E-state index in [0.717, 1.165) is 5.69 Å². The number of carbonyl (C=O) groups is 1. The van der Waals surface area contributed by atoms with Gasteiger partial charge in [-0.05, 0) is 31.2 Å². The Kier molecular flexibility index (Phi) is 5.17. The molecule has 2 aromatic heterocycles. The molecule has 152 valence electrons. The van der Waals surface area contributed by atoms with Crippen molar-refractivity contribution < 1.29 is 9.53 Å². The third-order valence-corrected chi connectivity index (χ3v) is 4.55. The maximum Gasteiger partial charge on any atom is 0.263 e. The molecule has 0 fully saturated rings. The maximum atomic E-state index is 12.6. The first kappa shape index (κ1) is 19.2. The molecule has 1 unspecified atom stereocenters. The van der Waals surface area contributed by atoms with E-state index in [2.05, 4.69) is 25.7 Å². The first-order valence-electron chi connectivity index (χ1n) is 9.30. The van der Waals surface area contributed by atoms with Crippen LogP contribution < -0.4 is 20.9 Å². The van der Waals surface area contributed by atoms with Gasteiger partial charge in [-0.25, -0.2) is 4.68 Å². The average molecular weight is 404 g/mol. The molecule has 0 aliphatic rings. The van der Waals surface area contributed by atoms with E-state index in [-0.39, 0.29) is 17.4 Å². The van der Waals surface area contributed by atoms with Gasteiger partial charge in [-0.1, -0.05) is 30.3 Å². The Labute approximate surface area is 171 Å². The predicted molar refractivity (Wildman–Crippen MR) is 114 cm³/mol. The molecule has 0 radical (unpaired) electrons. The standard InChI is InChI=1S/C21H20N6O3/c1-13(19(28)24-16-10-6-7-11-17(16)30-2)23-21-25-18-15(20(29)26-21)12-22-27(18)14-8-4-3-5-9-14/h3-13H,1-2H3,(H,24,28)(H2,23,25,26,29). The number of H-pyrrole nitrogens is 1. The molecule has 0 aliphatic carbocycles. The van der Waals surface area contributed by atoms with E-state index in [0.29, 0.717) is 22.5 Å². The van der Waals surface area contributed by atoms with Crippen molar-refractivity contribution in [2.24, 2.45) is 0 Å². The van der Waals surface area contributed by atoms with Crippen molar-refractivity contribution in [1.29, 1.82) is 0 Å². The van der Waals surface area contributed by atoms with Crippen LogP contribution in [0.15, 0.2) is 65.6 Å². The van der Waals surface area contributed by atoms with Gasteiger partial charge in [0.1, 0.15) is 17.2 Å². The van der Waals surface area contributed by atoms with Crippen LogP contribution in [0.1, 0.15) is 6.92 Å². The molecular weight excluding hydrogens is 384 g/mol. The van der Waals surface area contributed by atoms with Gasteiger partial charge in [-0.15, -0.1) is 0 Å². The summed E-state index contributed by atoms with van der Waals surface area (Å²) in [5, 5.41) is 10.4. The van der Waals surface area contributed by atoms with Gasteiger partial charge in [0, 0.05) is 0 Å². The topological polar surface area (TPSA) is 114 Å². The lowest BCUT2D eigenvalue weighted by Gasteiger charge is -2.16. The molecule has 0 spiro atoms. The molecule has 0 saturated carbocycles. The minimum atomic E-state index is -0.677. The molecule has 1 amide bonds. The lowest BCUT2D eigenvalue weighted by atomic mass is 10.2. The van der Waals surface area contributed by atoms with Crippen molar-refractivity contribution in [3.8, 4) is 11.4 Å². The highest BCUT2D eigenvalue weighted by atomic mass is 16.5. The fourth-order valence-corrected chi connectivity index (χ4v) is 3.00. The Morgan fingerprint density at radius 1 is 1.13 bits per heavy atom. The van der Waals surface area contributed by atoms with E-state index < -0.39 is 6.04 Å². The Morgan fingerprint density at radius 2 is 1.87 bits per heavy atom. The highest BCUT2D eigenvalue weighted by Crippen LogP contribution is 2.23. The first-order valence-corrected chi connectivity index (χ1v) is 9.30. The van der Waals surface area contributed by atoms with Gasteiger partial charge >= 0.3 is 0 Å². The van der Waals surface area contributed by atoms with Crippen molar-refractivity contribution in [2.75, 3.05) is 17.7 Å². The van der Waals surface area contributed by atoms with Gasteiger partial charge in [0.2, 0.25) is 11.9 Å². The Balaban J connectivity index is 1.59. The number of methoxy groups -OCH3 is 1. The number of rotatable bonds is 6. The zero-order chi connectivity index (χ0) is 21.1. The van der Waals surface area contributed by atoms with E-state index in [1.165, 1.54) is 13.3 Å². The summed E-state index contributed by atoms with van der Waals surface area (Å²) in [4.78, 5) is 32.2. The molecule has 9 heteroatoms. The normalized spacial score (nSPS) is 11.8. The first-order chi connectivity index (χ1) is 14.6. The number of aromatic amines is 1. The highest BCUT2D eigenvalue weighted by Gasteiger charge is 2.17. The van der Waals surface area contributed by atoms with Crippen LogP contribution in [0.4, 0.5) is 11.6 Å². The molecule has 2 aromatic carbocycles. The Hall–Kier alpha value is -4.14. The molecule has 0 saturated heterocycles. The SMILES string of the molecule is COc1ccccc1NC(=O)C(C)Nc1nc2c(cnn2-c2ccccc2)c(=O)[nH]1. The summed E-state index contributed by atoms with van der Waals surface area (Å²) in [6.07, 6.45) is 1.47. The Bertz CT molecular complexity index is 1250. The molecular formula is C21H20N6O3. The van der Waals surface area contributed by atoms with Crippen molar-refractivity contribution in [2.45, 2.75) is 13.0 Å². The summed E-state index contributed by atoms with van der Waals surface area (Å²) in [7, 11) is 1.53. The molecule has 3 N–H and O–H groups in total. The number of hydrogen-bond donors (Lipinski definition) is 3. The van der Waals surface area contributed by atoms with Crippen molar-refractivity contribution in [1.82, 2.24) is 19.7 Å². The van der Waals surface area contributed by atoms with Crippen LogP contribution in [0, 0.1) is 0 Å². The quantitative estimate of drug-likeness (QED) is 0.455. The van der Waals surface area contributed by atoms with Crippen molar-refractivity contribution >= 4 is 28.6 Å². The monoisotopic (exact) mass is 404 g/mol.